The Morgan fingerprint density at radius 3 is 1.97 bits per heavy atom. The smallest absolute Gasteiger partial charge is 0.232 e. The van der Waals surface area contributed by atoms with E-state index in [1.54, 1.807) is 24.3 Å². The van der Waals surface area contributed by atoms with E-state index < -0.39 is 5.92 Å². The number of aryl methyl sites for hydroxylation is 1. The van der Waals surface area contributed by atoms with Crippen LogP contribution in [0.25, 0.3) is 0 Å². The van der Waals surface area contributed by atoms with Gasteiger partial charge < -0.3 is 15.5 Å². The van der Waals surface area contributed by atoms with Crippen LogP contribution < -0.4 is 5.32 Å². The number of carbonyl (C=O) groups excluding carboxylic acids is 1. The first-order valence-electron chi connectivity index (χ1n) is 11.6. The molecular weight excluding hydrogens is 422 g/mol. The van der Waals surface area contributed by atoms with Crippen molar-refractivity contribution in [3.05, 3.63) is 131 Å². The van der Waals surface area contributed by atoms with Crippen molar-refractivity contribution < 1.29 is 15.0 Å². The summed E-state index contributed by atoms with van der Waals surface area (Å²) in [6, 6.07) is 31.9. The van der Waals surface area contributed by atoms with Gasteiger partial charge >= 0.3 is 0 Å². The van der Waals surface area contributed by atoms with Crippen LogP contribution >= 0.6 is 0 Å². The average molecular weight is 450 g/mol. The van der Waals surface area contributed by atoms with Gasteiger partial charge in [-0.15, -0.1) is 0 Å². The molecule has 0 aliphatic heterocycles. The molecular formula is C30H27NO3. The van der Waals surface area contributed by atoms with E-state index in [-0.39, 0.29) is 29.4 Å². The topological polar surface area (TPSA) is 69.6 Å². The lowest BCUT2D eigenvalue weighted by Gasteiger charge is -2.36. The molecule has 4 heteroatoms. The highest BCUT2D eigenvalue weighted by atomic mass is 16.3. The summed E-state index contributed by atoms with van der Waals surface area (Å²) in [5, 5.41) is 23.4. The molecule has 34 heavy (non-hydrogen) atoms. The third kappa shape index (κ3) is 4.40. The van der Waals surface area contributed by atoms with Gasteiger partial charge in [-0.25, -0.2) is 0 Å². The number of benzene rings is 4. The van der Waals surface area contributed by atoms with Crippen molar-refractivity contribution >= 4 is 5.91 Å². The lowest BCUT2D eigenvalue weighted by molar-refractivity contribution is -0.122. The molecule has 170 valence electrons. The van der Waals surface area contributed by atoms with E-state index in [0.29, 0.717) is 0 Å². The van der Waals surface area contributed by atoms with Crippen LogP contribution in [-0.2, 0) is 11.2 Å². The monoisotopic (exact) mass is 449 g/mol. The van der Waals surface area contributed by atoms with Crippen LogP contribution in [0.2, 0.25) is 0 Å². The molecule has 4 aromatic rings. The summed E-state index contributed by atoms with van der Waals surface area (Å²) in [4.78, 5) is 13.9. The second-order valence-electron chi connectivity index (χ2n) is 8.86. The lowest BCUT2D eigenvalue weighted by atomic mass is 9.75. The number of carbonyl (C=O) groups is 1. The van der Waals surface area contributed by atoms with Crippen molar-refractivity contribution in [3.63, 3.8) is 0 Å². The molecule has 3 N–H and O–H groups in total. The van der Waals surface area contributed by atoms with Crippen molar-refractivity contribution in [3.8, 4) is 11.5 Å². The molecule has 1 aliphatic rings. The number of hydrogen-bond acceptors (Lipinski definition) is 3. The molecule has 0 aromatic heterocycles. The van der Waals surface area contributed by atoms with Gasteiger partial charge in [-0.2, -0.15) is 0 Å². The number of fused-ring (bicyclic) bond motifs is 1. The molecule has 4 aromatic carbocycles. The van der Waals surface area contributed by atoms with E-state index in [1.165, 1.54) is 0 Å². The van der Waals surface area contributed by atoms with Crippen LogP contribution in [0.1, 0.15) is 52.1 Å². The van der Waals surface area contributed by atoms with Gasteiger partial charge in [0.2, 0.25) is 5.91 Å². The molecule has 2 atom stereocenters. The van der Waals surface area contributed by atoms with Gasteiger partial charge in [0, 0.05) is 5.92 Å². The highest BCUT2D eigenvalue weighted by Crippen LogP contribution is 2.43. The molecule has 4 nitrogen and oxygen atoms in total. The highest BCUT2D eigenvalue weighted by Gasteiger charge is 2.34. The summed E-state index contributed by atoms with van der Waals surface area (Å²) in [6.07, 6.45) is 1.71. The molecule has 1 aliphatic carbocycles. The molecule has 0 bridgehead atoms. The quantitative estimate of drug-likeness (QED) is 0.360. The standard InChI is InChI=1S/C30H27NO3/c32-24-15-11-20(12-16-24)26-18-14-21-13-17-25(33)19-27(21)29(26)31-30(34)28(22-7-3-1-4-8-22)23-9-5-2-6-10-23/h1-13,15-17,19,26,28-29,32-33H,14,18H2,(H,31,34)/t26-,29+/m1/s1. The van der Waals surface area contributed by atoms with Crippen molar-refractivity contribution in [1.82, 2.24) is 5.32 Å². The molecule has 0 heterocycles. The molecule has 0 radical (unpaired) electrons. The molecule has 0 spiro atoms. The second-order valence-corrected chi connectivity index (χ2v) is 8.86. The SMILES string of the molecule is O=C(N[C@@H]1c2cc(O)ccc2CC[C@@H]1c1ccc(O)cc1)C(c1ccccc1)c1ccccc1. The van der Waals surface area contributed by atoms with Crippen molar-refractivity contribution in [2.75, 3.05) is 0 Å². The number of rotatable bonds is 5. The maximum absolute atomic E-state index is 13.9. The number of amides is 1. The van der Waals surface area contributed by atoms with Gasteiger partial charge in [0.25, 0.3) is 0 Å². The number of phenols is 2. The fourth-order valence-corrected chi connectivity index (χ4v) is 5.08. The first-order valence-corrected chi connectivity index (χ1v) is 11.6. The van der Waals surface area contributed by atoms with E-state index in [2.05, 4.69) is 5.32 Å². The predicted octanol–water partition coefficient (Wildman–Crippen LogP) is 5.82. The summed E-state index contributed by atoms with van der Waals surface area (Å²) >= 11 is 0. The number of hydrogen-bond donors (Lipinski definition) is 3. The summed E-state index contributed by atoms with van der Waals surface area (Å²) < 4.78 is 0. The van der Waals surface area contributed by atoms with Crippen molar-refractivity contribution in [1.29, 1.82) is 0 Å². The minimum Gasteiger partial charge on any atom is -0.508 e. The minimum atomic E-state index is -0.453. The Morgan fingerprint density at radius 1 is 0.765 bits per heavy atom. The predicted molar refractivity (Wildman–Crippen MR) is 133 cm³/mol. The fraction of sp³-hybridized carbons (Fsp3) is 0.167. The van der Waals surface area contributed by atoms with E-state index in [0.717, 1.165) is 40.7 Å². The molecule has 0 fully saturated rings. The van der Waals surface area contributed by atoms with Crippen LogP contribution in [0.4, 0.5) is 0 Å². The van der Waals surface area contributed by atoms with Crippen LogP contribution in [-0.4, -0.2) is 16.1 Å². The van der Waals surface area contributed by atoms with E-state index >= 15 is 0 Å². The van der Waals surface area contributed by atoms with Gasteiger partial charge in [-0.3, -0.25) is 4.79 Å². The Hall–Kier alpha value is -4.05. The third-order valence-electron chi connectivity index (χ3n) is 6.74. The second kappa shape index (κ2) is 9.44. The zero-order chi connectivity index (χ0) is 23.5. The lowest BCUT2D eigenvalue weighted by Crippen LogP contribution is -2.38. The Labute approximate surface area is 199 Å². The Bertz CT molecular complexity index is 1230. The number of phenolic OH excluding ortho intramolecular Hbond substituents is 2. The summed E-state index contributed by atoms with van der Waals surface area (Å²) in [5.41, 5.74) is 4.98. The molecule has 1 amide bonds. The Morgan fingerprint density at radius 2 is 1.35 bits per heavy atom. The van der Waals surface area contributed by atoms with Gasteiger partial charge in [-0.1, -0.05) is 78.9 Å². The molecule has 0 saturated heterocycles. The fourth-order valence-electron chi connectivity index (χ4n) is 5.08. The third-order valence-corrected chi connectivity index (χ3v) is 6.74. The van der Waals surface area contributed by atoms with Gasteiger partial charge in [0.15, 0.2) is 0 Å². The van der Waals surface area contributed by atoms with E-state index in [1.807, 2.05) is 78.9 Å². The maximum atomic E-state index is 13.9. The van der Waals surface area contributed by atoms with Crippen LogP contribution in [0.15, 0.2) is 103 Å². The van der Waals surface area contributed by atoms with Gasteiger partial charge in [-0.05, 0) is 64.9 Å². The summed E-state index contributed by atoms with van der Waals surface area (Å²) in [6.45, 7) is 0. The first kappa shape index (κ1) is 21.8. The summed E-state index contributed by atoms with van der Waals surface area (Å²) in [7, 11) is 0. The normalized spacial score (nSPS) is 17.2. The number of aromatic hydroxyl groups is 2. The van der Waals surface area contributed by atoms with Crippen LogP contribution in [0, 0.1) is 0 Å². The average Bonchev–Trinajstić information content (AvgIpc) is 2.86. The van der Waals surface area contributed by atoms with Gasteiger partial charge in [0.1, 0.15) is 11.5 Å². The maximum Gasteiger partial charge on any atom is 0.232 e. The van der Waals surface area contributed by atoms with Crippen molar-refractivity contribution in [2.24, 2.45) is 0 Å². The van der Waals surface area contributed by atoms with Crippen molar-refractivity contribution in [2.45, 2.75) is 30.7 Å². The first-order chi connectivity index (χ1) is 16.6. The summed E-state index contributed by atoms with van der Waals surface area (Å²) in [5.74, 6) is -0.114. The zero-order valence-electron chi connectivity index (χ0n) is 18.8. The van der Waals surface area contributed by atoms with E-state index in [9.17, 15) is 15.0 Å². The Kier molecular flexibility index (Phi) is 6.05. The largest absolute Gasteiger partial charge is 0.508 e. The zero-order valence-corrected chi connectivity index (χ0v) is 18.8. The highest BCUT2D eigenvalue weighted by molar-refractivity contribution is 5.87. The Balaban J connectivity index is 1.55. The molecule has 0 saturated carbocycles. The molecule has 0 unspecified atom stereocenters. The van der Waals surface area contributed by atoms with Gasteiger partial charge in [0.05, 0.1) is 12.0 Å². The minimum absolute atomic E-state index is 0.0195. The van der Waals surface area contributed by atoms with Crippen LogP contribution in [0.5, 0.6) is 11.5 Å². The van der Waals surface area contributed by atoms with E-state index in [4.69, 9.17) is 0 Å². The van der Waals surface area contributed by atoms with Crippen LogP contribution in [0.3, 0.4) is 0 Å². The number of nitrogens with one attached hydrogen (secondary N) is 1. The molecule has 5 rings (SSSR count).